The second-order valence-electron chi connectivity index (χ2n) is 7.23. The van der Waals surface area contributed by atoms with E-state index in [2.05, 4.69) is 30.0 Å². The van der Waals surface area contributed by atoms with Gasteiger partial charge >= 0.3 is 0 Å². The maximum Gasteiger partial charge on any atom is 0.246 e. The van der Waals surface area contributed by atoms with E-state index in [0.717, 1.165) is 40.8 Å². The lowest BCUT2D eigenvalue weighted by Crippen LogP contribution is -2.48. The largest absolute Gasteiger partial charge is 0.454 e. The fraction of sp³-hybridized carbons (Fsp3) is 0.273. The first-order valence-electron chi connectivity index (χ1n) is 9.64. The van der Waals surface area contributed by atoms with Crippen molar-refractivity contribution in [3.8, 4) is 11.5 Å². The molecule has 6 nitrogen and oxygen atoms in total. The molecule has 2 aliphatic heterocycles. The third kappa shape index (κ3) is 3.65. The number of thiazole rings is 1. The molecule has 2 aromatic carbocycles. The molecule has 1 saturated heterocycles. The maximum atomic E-state index is 12.6. The van der Waals surface area contributed by atoms with Crippen molar-refractivity contribution in [2.75, 3.05) is 37.9 Å². The minimum absolute atomic E-state index is 0.0299. The molecule has 1 fully saturated rings. The van der Waals surface area contributed by atoms with Crippen LogP contribution in [-0.4, -0.2) is 48.8 Å². The molecular formula is C22H21N3O3S. The molecule has 0 spiro atoms. The van der Waals surface area contributed by atoms with Gasteiger partial charge in [0, 0.05) is 32.3 Å². The Morgan fingerprint density at radius 1 is 1.07 bits per heavy atom. The number of aryl methyl sites for hydroxylation is 1. The summed E-state index contributed by atoms with van der Waals surface area (Å²) in [4.78, 5) is 21.5. The van der Waals surface area contributed by atoms with Crippen LogP contribution >= 0.6 is 11.3 Å². The van der Waals surface area contributed by atoms with Crippen LogP contribution in [0.5, 0.6) is 11.5 Å². The number of nitrogens with zero attached hydrogens (tertiary/aromatic N) is 3. The molecule has 7 heteroatoms. The van der Waals surface area contributed by atoms with Crippen LogP contribution in [0.15, 0.2) is 42.5 Å². The van der Waals surface area contributed by atoms with Crippen LogP contribution in [0.3, 0.4) is 0 Å². The highest BCUT2D eigenvalue weighted by molar-refractivity contribution is 7.22. The molecule has 5 rings (SSSR count). The number of anilines is 1. The van der Waals surface area contributed by atoms with Crippen LogP contribution in [0.4, 0.5) is 5.13 Å². The average molecular weight is 407 g/mol. The predicted octanol–water partition coefficient (Wildman–Crippen LogP) is 3.70. The lowest BCUT2D eigenvalue weighted by Gasteiger charge is -2.34. The van der Waals surface area contributed by atoms with Crippen LogP contribution in [0.1, 0.15) is 11.1 Å². The summed E-state index contributed by atoms with van der Waals surface area (Å²) in [6.07, 6.45) is 3.46. The normalized spacial score (nSPS) is 16.2. The van der Waals surface area contributed by atoms with Gasteiger partial charge in [-0.1, -0.05) is 23.5 Å². The van der Waals surface area contributed by atoms with Crippen molar-refractivity contribution in [2.24, 2.45) is 0 Å². The molecule has 0 atom stereocenters. The molecule has 0 N–H and O–H groups in total. The van der Waals surface area contributed by atoms with Crippen molar-refractivity contribution >= 4 is 38.7 Å². The summed E-state index contributed by atoms with van der Waals surface area (Å²) in [5.41, 5.74) is 3.21. The number of rotatable bonds is 3. The fourth-order valence-corrected chi connectivity index (χ4v) is 4.68. The number of amides is 1. The van der Waals surface area contributed by atoms with Crippen molar-refractivity contribution < 1.29 is 14.3 Å². The van der Waals surface area contributed by atoms with Gasteiger partial charge in [-0.15, -0.1) is 0 Å². The number of piperazine rings is 1. The molecule has 29 heavy (non-hydrogen) atoms. The third-order valence-corrected chi connectivity index (χ3v) is 6.29. The van der Waals surface area contributed by atoms with Crippen molar-refractivity contribution in [2.45, 2.75) is 6.92 Å². The Labute approximate surface area is 173 Å². The SMILES string of the molecule is Cc1ccc2nc(N3CCN(C(=O)/C=C\c4ccc5c(c4)OCO5)CC3)sc2c1. The molecule has 0 aliphatic carbocycles. The number of benzene rings is 2. The fourth-order valence-electron chi connectivity index (χ4n) is 3.56. The first-order chi connectivity index (χ1) is 14.2. The highest BCUT2D eigenvalue weighted by Crippen LogP contribution is 2.33. The Hall–Kier alpha value is -3.06. The lowest BCUT2D eigenvalue weighted by atomic mass is 10.2. The number of ether oxygens (including phenoxy) is 2. The molecule has 1 amide bonds. The molecule has 3 heterocycles. The average Bonchev–Trinajstić information content (AvgIpc) is 3.38. The van der Waals surface area contributed by atoms with Gasteiger partial charge in [0.1, 0.15) is 0 Å². The number of hydrogen-bond acceptors (Lipinski definition) is 6. The Bertz CT molecular complexity index is 1100. The Morgan fingerprint density at radius 3 is 2.76 bits per heavy atom. The van der Waals surface area contributed by atoms with E-state index in [4.69, 9.17) is 14.5 Å². The van der Waals surface area contributed by atoms with Gasteiger partial charge in [0.05, 0.1) is 10.2 Å². The van der Waals surface area contributed by atoms with Crippen molar-refractivity contribution in [1.82, 2.24) is 9.88 Å². The quantitative estimate of drug-likeness (QED) is 0.620. The van der Waals surface area contributed by atoms with E-state index in [1.165, 1.54) is 10.3 Å². The van der Waals surface area contributed by atoms with Crippen LogP contribution in [0.25, 0.3) is 16.3 Å². The smallest absolute Gasteiger partial charge is 0.246 e. The topological polar surface area (TPSA) is 54.9 Å². The molecule has 148 valence electrons. The van der Waals surface area contributed by atoms with Crippen molar-refractivity contribution in [3.63, 3.8) is 0 Å². The van der Waals surface area contributed by atoms with E-state index in [-0.39, 0.29) is 12.7 Å². The summed E-state index contributed by atoms with van der Waals surface area (Å²) in [5.74, 6) is 1.50. The summed E-state index contributed by atoms with van der Waals surface area (Å²) in [7, 11) is 0. The summed E-state index contributed by atoms with van der Waals surface area (Å²) in [6, 6.07) is 12.0. The molecular weight excluding hydrogens is 386 g/mol. The van der Waals surface area contributed by atoms with Gasteiger partial charge in [0.2, 0.25) is 12.7 Å². The van der Waals surface area contributed by atoms with E-state index in [0.29, 0.717) is 13.1 Å². The van der Waals surface area contributed by atoms with E-state index < -0.39 is 0 Å². The zero-order valence-electron chi connectivity index (χ0n) is 16.1. The number of carbonyl (C=O) groups is 1. The van der Waals surface area contributed by atoms with Crippen LogP contribution in [0, 0.1) is 6.92 Å². The Morgan fingerprint density at radius 2 is 1.90 bits per heavy atom. The summed E-state index contributed by atoms with van der Waals surface area (Å²) < 4.78 is 11.9. The Balaban J connectivity index is 1.21. The van der Waals surface area contributed by atoms with E-state index >= 15 is 0 Å². The van der Waals surface area contributed by atoms with Crippen molar-refractivity contribution in [1.29, 1.82) is 0 Å². The Kier molecular flexibility index (Phi) is 4.60. The highest BCUT2D eigenvalue weighted by Gasteiger charge is 2.22. The first kappa shape index (κ1) is 18.0. The minimum atomic E-state index is 0.0299. The molecule has 0 saturated carbocycles. The van der Waals surface area contributed by atoms with Crippen LogP contribution < -0.4 is 14.4 Å². The van der Waals surface area contributed by atoms with Gasteiger partial charge in [-0.05, 0) is 48.4 Å². The second-order valence-corrected chi connectivity index (χ2v) is 8.24. The number of carbonyl (C=O) groups excluding carboxylic acids is 1. The number of fused-ring (bicyclic) bond motifs is 2. The lowest BCUT2D eigenvalue weighted by molar-refractivity contribution is -0.126. The third-order valence-electron chi connectivity index (χ3n) is 5.21. The second kappa shape index (κ2) is 7.40. The van der Waals surface area contributed by atoms with E-state index in [1.54, 1.807) is 17.4 Å². The maximum absolute atomic E-state index is 12.6. The highest BCUT2D eigenvalue weighted by atomic mass is 32.1. The summed E-state index contributed by atoms with van der Waals surface area (Å²) in [6.45, 7) is 5.32. The van der Waals surface area contributed by atoms with Crippen molar-refractivity contribution in [3.05, 3.63) is 53.6 Å². The predicted molar refractivity (Wildman–Crippen MR) is 115 cm³/mol. The molecule has 3 aromatic rings. The zero-order chi connectivity index (χ0) is 19.8. The van der Waals surface area contributed by atoms with Gasteiger partial charge in [-0.2, -0.15) is 0 Å². The van der Waals surface area contributed by atoms with Crippen LogP contribution in [-0.2, 0) is 4.79 Å². The van der Waals surface area contributed by atoms with Gasteiger partial charge in [-0.25, -0.2) is 4.98 Å². The summed E-state index contributed by atoms with van der Waals surface area (Å²) >= 11 is 1.72. The monoisotopic (exact) mass is 407 g/mol. The van der Waals surface area contributed by atoms with Gasteiger partial charge in [-0.3, -0.25) is 4.79 Å². The number of hydrogen-bond donors (Lipinski definition) is 0. The standard InChI is InChI=1S/C22H21N3O3S/c1-15-2-5-17-20(12-15)29-22(23-17)25-10-8-24(9-11-25)21(26)7-4-16-3-6-18-19(13-16)28-14-27-18/h2-7,12-13H,8-11,14H2,1H3/b7-4-. The summed E-state index contributed by atoms with van der Waals surface area (Å²) in [5, 5.41) is 1.04. The first-order valence-corrected chi connectivity index (χ1v) is 10.5. The van der Waals surface area contributed by atoms with E-state index in [1.807, 2.05) is 29.2 Å². The molecule has 0 bridgehead atoms. The molecule has 2 aliphatic rings. The van der Waals surface area contributed by atoms with E-state index in [9.17, 15) is 4.79 Å². The molecule has 1 aromatic heterocycles. The molecule has 0 radical (unpaired) electrons. The van der Waals surface area contributed by atoms with Gasteiger partial charge in [0.15, 0.2) is 16.6 Å². The molecule has 0 unspecified atom stereocenters. The minimum Gasteiger partial charge on any atom is -0.454 e. The zero-order valence-corrected chi connectivity index (χ0v) is 16.9. The van der Waals surface area contributed by atoms with Crippen LogP contribution in [0.2, 0.25) is 0 Å². The van der Waals surface area contributed by atoms with Gasteiger partial charge < -0.3 is 19.3 Å². The van der Waals surface area contributed by atoms with Gasteiger partial charge in [0.25, 0.3) is 0 Å². The number of aromatic nitrogens is 1.